The molecule has 0 radical (unpaired) electrons. The Morgan fingerprint density at radius 1 is 1.09 bits per heavy atom. The van der Waals surface area contributed by atoms with Crippen molar-refractivity contribution in [2.75, 3.05) is 53.6 Å². The van der Waals surface area contributed by atoms with Crippen molar-refractivity contribution in [1.29, 1.82) is 0 Å². The minimum absolute atomic E-state index is 0.0995. The highest BCUT2D eigenvalue weighted by molar-refractivity contribution is 7.89. The quantitative estimate of drug-likeness (QED) is 0.494. The number of rotatable bonds is 11. The van der Waals surface area contributed by atoms with Crippen molar-refractivity contribution in [3.8, 4) is 11.5 Å². The number of sulfonamides is 1. The number of morpholine rings is 1. The van der Waals surface area contributed by atoms with Crippen LogP contribution < -0.4 is 19.5 Å². The number of para-hydroxylation sites is 1. The summed E-state index contributed by atoms with van der Waals surface area (Å²) in [4.78, 5) is 15.2. The van der Waals surface area contributed by atoms with Gasteiger partial charge in [-0.25, -0.2) is 13.1 Å². The van der Waals surface area contributed by atoms with Gasteiger partial charge in [-0.05, 0) is 25.1 Å². The van der Waals surface area contributed by atoms with Crippen LogP contribution in [0.25, 0.3) is 0 Å². The Morgan fingerprint density at radius 2 is 1.79 bits per heavy atom. The van der Waals surface area contributed by atoms with E-state index in [0.717, 1.165) is 18.7 Å². The Bertz CT molecular complexity index is 1050. The van der Waals surface area contributed by atoms with Crippen LogP contribution in [0.4, 0.5) is 0 Å². The van der Waals surface area contributed by atoms with Gasteiger partial charge in [0.15, 0.2) is 11.5 Å². The van der Waals surface area contributed by atoms with Crippen LogP contribution in [-0.4, -0.2) is 72.8 Å². The summed E-state index contributed by atoms with van der Waals surface area (Å²) in [6.45, 7) is 6.09. The molecule has 2 aromatic rings. The molecule has 1 aliphatic heterocycles. The lowest BCUT2D eigenvalue weighted by Crippen LogP contribution is -2.42. The summed E-state index contributed by atoms with van der Waals surface area (Å²) in [5.41, 5.74) is 1.46. The van der Waals surface area contributed by atoms with Crippen LogP contribution in [0.2, 0.25) is 0 Å². The molecular formula is C24H33N3O6S. The van der Waals surface area contributed by atoms with E-state index < -0.39 is 16.1 Å². The van der Waals surface area contributed by atoms with E-state index in [-0.39, 0.29) is 17.2 Å². The fourth-order valence-corrected chi connectivity index (χ4v) is 5.03. The number of carbonyl (C=O) groups excluding carboxylic acids is 1. The number of methoxy groups -OCH3 is 2. The van der Waals surface area contributed by atoms with E-state index in [9.17, 15) is 13.2 Å². The lowest BCUT2D eigenvalue weighted by Gasteiger charge is -2.26. The van der Waals surface area contributed by atoms with Crippen molar-refractivity contribution in [3.05, 3.63) is 53.6 Å². The molecule has 186 valence electrons. The van der Waals surface area contributed by atoms with Crippen molar-refractivity contribution in [3.63, 3.8) is 0 Å². The van der Waals surface area contributed by atoms with Crippen LogP contribution in [0.1, 0.15) is 23.6 Å². The molecular weight excluding hydrogens is 458 g/mol. The SMILES string of the molecule is COc1cccc([C@@H](CC(=O)NCCN2CCOCC2)NS(=O)(=O)c2ccc(C)cc2)c1OC. The number of ether oxygens (including phenoxy) is 3. The summed E-state index contributed by atoms with van der Waals surface area (Å²) in [5.74, 6) is 0.560. The zero-order valence-electron chi connectivity index (χ0n) is 19.9. The third-order valence-corrected chi connectivity index (χ3v) is 7.17. The topological polar surface area (TPSA) is 106 Å². The molecule has 0 aromatic heterocycles. The number of nitrogens with zero attached hydrogens (tertiary/aromatic N) is 1. The largest absolute Gasteiger partial charge is 0.493 e. The standard InChI is InChI=1S/C24H33N3O6S/c1-18-7-9-19(10-8-18)34(29,30)26-21(20-5-4-6-22(31-2)24(20)32-3)17-23(28)25-11-12-27-13-15-33-16-14-27/h4-10,21,26H,11-17H2,1-3H3,(H,25,28)/t21-/m1/s1. The zero-order chi connectivity index (χ0) is 24.6. The molecule has 34 heavy (non-hydrogen) atoms. The summed E-state index contributed by atoms with van der Waals surface area (Å²) in [6.07, 6.45) is -0.0995. The zero-order valence-corrected chi connectivity index (χ0v) is 20.7. The first-order valence-corrected chi connectivity index (χ1v) is 12.7. The van der Waals surface area contributed by atoms with Gasteiger partial charge in [-0.15, -0.1) is 0 Å². The molecule has 2 aromatic carbocycles. The second-order valence-electron chi connectivity index (χ2n) is 8.08. The number of hydrogen-bond donors (Lipinski definition) is 2. The Kier molecular flexibility index (Phi) is 9.28. The smallest absolute Gasteiger partial charge is 0.241 e. The molecule has 1 saturated heterocycles. The van der Waals surface area contributed by atoms with Crippen LogP contribution in [-0.2, 0) is 19.6 Å². The number of hydrogen-bond acceptors (Lipinski definition) is 7. The van der Waals surface area contributed by atoms with Gasteiger partial charge < -0.3 is 19.5 Å². The molecule has 0 saturated carbocycles. The van der Waals surface area contributed by atoms with Gasteiger partial charge in [-0.2, -0.15) is 0 Å². The van der Waals surface area contributed by atoms with Crippen molar-refractivity contribution >= 4 is 15.9 Å². The van der Waals surface area contributed by atoms with Crippen LogP contribution in [0.5, 0.6) is 11.5 Å². The Balaban J connectivity index is 1.79. The van der Waals surface area contributed by atoms with Gasteiger partial charge >= 0.3 is 0 Å². The van der Waals surface area contributed by atoms with E-state index in [1.165, 1.54) is 14.2 Å². The maximum Gasteiger partial charge on any atom is 0.241 e. The molecule has 10 heteroatoms. The fraction of sp³-hybridized carbons (Fsp3) is 0.458. The third-order valence-electron chi connectivity index (χ3n) is 5.68. The minimum atomic E-state index is -3.90. The van der Waals surface area contributed by atoms with Crippen LogP contribution in [0, 0.1) is 6.92 Å². The van der Waals surface area contributed by atoms with Crippen LogP contribution >= 0.6 is 0 Å². The van der Waals surface area contributed by atoms with Gasteiger partial charge in [-0.3, -0.25) is 9.69 Å². The molecule has 3 rings (SSSR count). The monoisotopic (exact) mass is 491 g/mol. The molecule has 0 unspecified atom stereocenters. The summed E-state index contributed by atoms with van der Waals surface area (Å²) in [5, 5.41) is 2.90. The first-order valence-electron chi connectivity index (χ1n) is 11.2. The van der Waals surface area contributed by atoms with E-state index in [0.29, 0.717) is 43.4 Å². The second kappa shape index (κ2) is 12.2. The highest BCUT2D eigenvalue weighted by atomic mass is 32.2. The molecule has 2 N–H and O–H groups in total. The highest BCUT2D eigenvalue weighted by Gasteiger charge is 2.27. The molecule has 1 amide bonds. The van der Waals surface area contributed by atoms with Gasteiger partial charge in [0.2, 0.25) is 15.9 Å². The molecule has 1 aliphatic rings. The lowest BCUT2D eigenvalue weighted by atomic mass is 10.0. The maximum absolute atomic E-state index is 13.1. The predicted molar refractivity (Wildman–Crippen MR) is 129 cm³/mol. The van der Waals surface area contributed by atoms with E-state index >= 15 is 0 Å². The number of amides is 1. The van der Waals surface area contributed by atoms with Crippen LogP contribution in [0.3, 0.4) is 0 Å². The predicted octanol–water partition coefficient (Wildman–Crippen LogP) is 1.87. The summed E-state index contributed by atoms with van der Waals surface area (Å²) >= 11 is 0. The summed E-state index contributed by atoms with van der Waals surface area (Å²) in [6, 6.07) is 10.9. The van der Waals surface area contributed by atoms with E-state index in [1.807, 2.05) is 6.92 Å². The molecule has 0 spiro atoms. The number of nitrogens with one attached hydrogen (secondary N) is 2. The van der Waals surface area contributed by atoms with Gasteiger partial charge in [-0.1, -0.05) is 29.8 Å². The van der Waals surface area contributed by atoms with E-state index in [4.69, 9.17) is 14.2 Å². The Morgan fingerprint density at radius 3 is 2.44 bits per heavy atom. The van der Waals surface area contributed by atoms with Crippen LogP contribution in [0.15, 0.2) is 47.4 Å². The fourth-order valence-electron chi connectivity index (χ4n) is 3.81. The third kappa shape index (κ3) is 6.92. The minimum Gasteiger partial charge on any atom is -0.493 e. The Hall–Kier alpha value is -2.66. The van der Waals surface area contributed by atoms with Crippen molar-refractivity contribution in [2.45, 2.75) is 24.3 Å². The average molecular weight is 492 g/mol. The molecule has 9 nitrogen and oxygen atoms in total. The normalized spacial score (nSPS) is 15.5. The number of aryl methyl sites for hydroxylation is 1. The Labute approximate surface area is 201 Å². The molecule has 1 atom stereocenters. The van der Waals surface area contributed by atoms with E-state index in [2.05, 4.69) is 14.9 Å². The number of benzene rings is 2. The van der Waals surface area contributed by atoms with Crippen molar-refractivity contribution < 1.29 is 27.4 Å². The first kappa shape index (κ1) is 26.0. The molecule has 0 aliphatic carbocycles. The molecule has 1 fully saturated rings. The highest BCUT2D eigenvalue weighted by Crippen LogP contribution is 2.36. The van der Waals surface area contributed by atoms with Crippen molar-refractivity contribution in [2.24, 2.45) is 0 Å². The van der Waals surface area contributed by atoms with Gasteiger partial charge in [0.05, 0.1) is 38.4 Å². The summed E-state index contributed by atoms with van der Waals surface area (Å²) < 4.78 is 45.2. The maximum atomic E-state index is 13.1. The van der Waals surface area contributed by atoms with Gasteiger partial charge in [0, 0.05) is 38.2 Å². The average Bonchev–Trinajstić information content (AvgIpc) is 2.83. The van der Waals surface area contributed by atoms with Crippen molar-refractivity contribution in [1.82, 2.24) is 14.9 Å². The first-order chi connectivity index (χ1) is 16.3. The number of carbonyl (C=O) groups is 1. The molecule has 0 bridgehead atoms. The van der Waals surface area contributed by atoms with E-state index in [1.54, 1.807) is 42.5 Å². The second-order valence-corrected chi connectivity index (χ2v) is 9.79. The van der Waals surface area contributed by atoms with Gasteiger partial charge in [0.25, 0.3) is 0 Å². The molecule has 1 heterocycles. The lowest BCUT2D eigenvalue weighted by molar-refractivity contribution is -0.121. The van der Waals surface area contributed by atoms with Gasteiger partial charge in [0.1, 0.15) is 0 Å². The summed E-state index contributed by atoms with van der Waals surface area (Å²) in [7, 11) is -0.914.